The number of hydrogen-bond donors (Lipinski definition) is 1. The normalized spacial score (nSPS) is 19.0. The summed E-state index contributed by atoms with van der Waals surface area (Å²) in [6, 6.07) is 5.94. The van der Waals surface area contributed by atoms with Crippen molar-refractivity contribution in [2.75, 3.05) is 11.4 Å². The third-order valence-electron chi connectivity index (χ3n) is 2.90. The van der Waals surface area contributed by atoms with Gasteiger partial charge in [0, 0.05) is 13.0 Å². The van der Waals surface area contributed by atoms with Gasteiger partial charge in [0.05, 0.1) is 11.6 Å². The van der Waals surface area contributed by atoms with Gasteiger partial charge < -0.3 is 15.4 Å². The zero-order valence-electron chi connectivity index (χ0n) is 9.88. The topological polar surface area (TPSA) is 72.6 Å². The Hall–Kier alpha value is -2.18. The van der Waals surface area contributed by atoms with E-state index in [4.69, 9.17) is 5.73 Å². The number of nitrogens with two attached hydrogens (primary N) is 1. The monoisotopic (exact) mass is 270 g/mol. The van der Waals surface area contributed by atoms with E-state index >= 15 is 0 Å². The standard InChI is InChI=1S/C12H12F2N2O3/c13-12(14)19-9-4-2-1-3-8(9)16-6-7(11(15)18)5-10(16)17/h1-4,7,12H,5-6H2,(H2,15,18). The molecule has 102 valence electrons. The lowest BCUT2D eigenvalue weighted by Crippen LogP contribution is -2.28. The summed E-state index contributed by atoms with van der Waals surface area (Å²) in [4.78, 5) is 24.1. The van der Waals surface area contributed by atoms with Gasteiger partial charge in [-0.25, -0.2) is 0 Å². The van der Waals surface area contributed by atoms with Gasteiger partial charge in [0.1, 0.15) is 5.75 Å². The number of alkyl halides is 2. The molecule has 19 heavy (non-hydrogen) atoms. The van der Waals surface area contributed by atoms with Crippen molar-refractivity contribution in [2.45, 2.75) is 13.0 Å². The Labute approximate surface area is 107 Å². The molecule has 1 aromatic carbocycles. The Morgan fingerprint density at radius 1 is 1.42 bits per heavy atom. The van der Waals surface area contributed by atoms with Gasteiger partial charge in [-0.2, -0.15) is 8.78 Å². The van der Waals surface area contributed by atoms with E-state index in [1.165, 1.54) is 23.1 Å². The first-order valence-electron chi connectivity index (χ1n) is 5.62. The van der Waals surface area contributed by atoms with Crippen molar-refractivity contribution in [3.8, 4) is 5.75 Å². The predicted molar refractivity (Wildman–Crippen MR) is 62.7 cm³/mol. The second-order valence-corrected chi connectivity index (χ2v) is 4.15. The number of nitrogens with zero attached hydrogens (tertiary/aromatic N) is 1. The van der Waals surface area contributed by atoms with Gasteiger partial charge in [-0.1, -0.05) is 12.1 Å². The molecule has 5 nitrogen and oxygen atoms in total. The molecule has 2 amide bonds. The van der Waals surface area contributed by atoms with Crippen LogP contribution in [0.5, 0.6) is 5.75 Å². The molecule has 0 spiro atoms. The highest BCUT2D eigenvalue weighted by Crippen LogP contribution is 2.33. The predicted octanol–water partition coefficient (Wildman–Crippen LogP) is 1.13. The summed E-state index contributed by atoms with van der Waals surface area (Å²) < 4.78 is 28.9. The Morgan fingerprint density at radius 3 is 2.68 bits per heavy atom. The second kappa shape index (κ2) is 5.21. The molecule has 2 rings (SSSR count). The van der Waals surface area contributed by atoms with E-state index in [2.05, 4.69) is 4.74 Å². The number of carbonyl (C=O) groups is 2. The van der Waals surface area contributed by atoms with Crippen molar-refractivity contribution in [1.29, 1.82) is 0 Å². The van der Waals surface area contributed by atoms with Crippen LogP contribution in [0.1, 0.15) is 6.42 Å². The van der Waals surface area contributed by atoms with E-state index in [1.807, 2.05) is 0 Å². The second-order valence-electron chi connectivity index (χ2n) is 4.15. The highest BCUT2D eigenvalue weighted by atomic mass is 19.3. The maximum absolute atomic E-state index is 12.3. The first-order chi connectivity index (χ1) is 8.99. The van der Waals surface area contributed by atoms with Crippen molar-refractivity contribution >= 4 is 17.5 Å². The molecule has 1 heterocycles. The number of primary amides is 1. The number of benzene rings is 1. The average molecular weight is 270 g/mol. The number of carbonyl (C=O) groups excluding carboxylic acids is 2. The largest absolute Gasteiger partial charge is 0.433 e. The molecular weight excluding hydrogens is 258 g/mol. The van der Waals surface area contributed by atoms with Crippen LogP contribution in [0.25, 0.3) is 0 Å². The molecule has 2 N–H and O–H groups in total. The lowest BCUT2D eigenvalue weighted by molar-refractivity contribution is -0.123. The fraction of sp³-hybridized carbons (Fsp3) is 0.333. The van der Waals surface area contributed by atoms with E-state index in [1.54, 1.807) is 6.07 Å². The summed E-state index contributed by atoms with van der Waals surface area (Å²) >= 11 is 0. The number of para-hydroxylation sites is 2. The minimum absolute atomic E-state index is 0.0155. The number of ether oxygens (including phenoxy) is 1. The van der Waals surface area contributed by atoms with Crippen LogP contribution >= 0.6 is 0 Å². The van der Waals surface area contributed by atoms with Crippen LogP contribution < -0.4 is 15.4 Å². The maximum atomic E-state index is 12.3. The van der Waals surface area contributed by atoms with Crippen molar-refractivity contribution in [1.82, 2.24) is 0 Å². The molecule has 1 aliphatic rings. The highest BCUT2D eigenvalue weighted by molar-refractivity contribution is 6.01. The number of rotatable bonds is 4. The first kappa shape index (κ1) is 13.3. The maximum Gasteiger partial charge on any atom is 0.387 e. The van der Waals surface area contributed by atoms with Gasteiger partial charge >= 0.3 is 6.61 Å². The van der Waals surface area contributed by atoms with Crippen LogP contribution in [0.4, 0.5) is 14.5 Å². The molecule has 7 heteroatoms. The zero-order chi connectivity index (χ0) is 14.0. The molecular formula is C12H12F2N2O3. The fourth-order valence-corrected chi connectivity index (χ4v) is 2.01. The number of anilines is 1. The van der Waals surface area contributed by atoms with E-state index in [0.717, 1.165) is 0 Å². The van der Waals surface area contributed by atoms with Crippen molar-refractivity contribution in [2.24, 2.45) is 11.7 Å². The molecule has 0 saturated carbocycles. The molecule has 0 radical (unpaired) electrons. The van der Waals surface area contributed by atoms with Crippen molar-refractivity contribution < 1.29 is 23.1 Å². The smallest absolute Gasteiger partial charge is 0.387 e. The Balaban J connectivity index is 2.27. The van der Waals surface area contributed by atoms with Gasteiger partial charge in [0.2, 0.25) is 11.8 Å². The van der Waals surface area contributed by atoms with Crippen LogP contribution in [-0.4, -0.2) is 25.0 Å². The molecule has 0 bridgehead atoms. The zero-order valence-corrected chi connectivity index (χ0v) is 9.88. The first-order valence-corrected chi connectivity index (χ1v) is 5.62. The summed E-state index contributed by atoms with van der Waals surface area (Å²) in [5.74, 6) is -1.62. The van der Waals surface area contributed by atoms with E-state index in [-0.39, 0.29) is 30.3 Å². The van der Waals surface area contributed by atoms with Crippen LogP contribution in [-0.2, 0) is 9.59 Å². The number of halogens is 2. The molecule has 1 fully saturated rings. The number of amides is 2. The Morgan fingerprint density at radius 2 is 2.11 bits per heavy atom. The summed E-state index contributed by atoms with van der Waals surface area (Å²) in [7, 11) is 0. The number of hydrogen-bond acceptors (Lipinski definition) is 3. The van der Waals surface area contributed by atoms with Crippen molar-refractivity contribution in [3.05, 3.63) is 24.3 Å². The summed E-state index contributed by atoms with van der Waals surface area (Å²) in [5.41, 5.74) is 5.37. The van der Waals surface area contributed by atoms with Gasteiger partial charge in [0.25, 0.3) is 0 Å². The van der Waals surface area contributed by atoms with Crippen LogP contribution in [0, 0.1) is 5.92 Å². The molecule has 1 atom stereocenters. The van der Waals surface area contributed by atoms with Gasteiger partial charge in [-0.05, 0) is 12.1 Å². The summed E-state index contributed by atoms with van der Waals surface area (Å²) in [6.45, 7) is -2.90. The van der Waals surface area contributed by atoms with Crippen molar-refractivity contribution in [3.63, 3.8) is 0 Å². The van der Waals surface area contributed by atoms with Crippen LogP contribution in [0.15, 0.2) is 24.3 Å². The minimum Gasteiger partial charge on any atom is -0.433 e. The molecule has 1 saturated heterocycles. The Kier molecular flexibility index (Phi) is 3.64. The molecule has 1 unspecified atom stereocenters. The third-order valence-corrected chi connectivity index (χ3v) is 2.90. The molecule has 1 aromatic rings. The minimum atomic E-state index is -2.98. The molecule has 0 aliphatic carbocycles. The Bertz CT molecular complexity index is 508. The van der Waals surface area contributed by atoms with Crippen LogP contribution in [0.2, 0.25) is 0 Å². The van der Waals surface area contributed by atoms with E-state index < -0.39 is 18.4 Å². The summed E-state index contributed by atoms with van der Waals surface area (Å²) in [5, 5.41) is 0. The SMILES string of the molecule is NC(=O)C1CC(=O)N(c2ccccc2OC(F)F)C1. The van der Waals surface area contributed by atoms with E-state index in [0.29, 0.717) is 0 Å². The lowest BCUT2D eigenvalue weighted by Gasteiger charge is -2.19. The highest BCUT2D eigenvalue weighted by Gasteiger charge is 2.35. The van der Waals surface area contributed by atoms with Crippen LogP contribution in [0.3, 0.4) is 0 Å². The van der Waals surface area contributed by atoms with Gasteiger partial charge in [-0.3, -0.25) is 9.59 Å². The quantitative estimate of drug-likeness (QED) is 0.891. The third kappa shape index (κ3) is 2.81. The molecule has 0 aromatic heterocycles. The lowest BCUT2D eigenvalue weighted by atomic mass is 10.1. The van der Waals surface area contributed by atoms with Gasteiger partial charge in [-0.15, -0.1) is 0 Å². The fourth-order valence-electron chi connectivity index (χ4n) is 2.01. The van der Waals surface area contributed by atoms with E-state index in [9.17, 15) is 18.4 Å². The average Bonchev–Trinajstić information content (AvgIpc) is 2.71. The summed E-state index contributed by atoms with van der Waals surface area (Å²) in [6.07, 6.45) is -0.0155. The molecule has 1 aliphatic heterocycles. The van der Waals surface area contributed by atoms with Gasteiger partial charge in [0.15, 0.2) is 0 Å².